The summed E-state index contributed by atoms with van der Waals surface area (Å²) in [5.74, 6) is 1.59. The van der Waals surface area contributed by atoms with Crippen molar-refractivity contribution in [3.05, 3.63) is 70.1 Å². The quantitative estimate of drug-likeness (QED) is 0.279. The Balaban J connectivity index is 2.08. The van der Waals surface area contributed by atoms with Crippen molar-refractivity contribution in [1.29, 1.82) is 0 Å². The molecule has 0 unspecified atom stereocenters. The Kier molecular flexibility index (Phi) is 7.66. The summed E-state index contributed by atoms with van der Waals surface area (Å²) in [4.78, 5) is 13.4. The molecular formula is C26H32ClNO3. The first-order chi connectivity index (χ1) is 14.8. The summed E-state index contributed by atoms with van der Waals surface area (Å²) in [6.45, 7) is 10.1. The SMILES string of the molecule is CCCCOc1c(CCl)n(CC(C)(C)C)c(=O)c2ccc(OCc3ccccc3)cc12. The van der Waals surface area contributed by atoms with Crippen LogP contribution in [-0.4, -0.2) is 11.2 Å². The number of nitrogens with zero attached hydrogens (tertiary/aromatic N) is 1. The highest BCUT2D eigenvalue weighted by Crippen LogP contribution is 2.33. The molecule has 3 rings (SSSR count). The van der Waals surface area contributed by atoms with E-state index in [9.17, 15) is 4.79 Å². The number of pyridine rings is 1. The number of aromatic nitrogens is 1. The van der Waals surface area contributed by atoms with E-state index in [1.807, 2.05) is 48.5 Å². The predicted octanol–water partition coefficient (Wildman–Crippen LogP) is 6.54. The number of alkyl halides is 1. The highest BCUT2D eigenvalue weighted by Gasteiger charge is 2.22. The number of hydrogen-bond acceptors (Lipinski definition) is 3. The Bertz CT molecular complexity index is 1070. The van der Waals surface area contributed by atoms with Crippen LogP contribution in [0.5, 0.6) is 11.5 Å². The van der Waals surface area contributed by atoms with Crippen molar-refractivity contribution < 1.29 is 9.47 Å². The number of rotatable bonds is 9. The molecule has 4 nitrogen and oxygen atoms in total. The van der Waals surface area contributed by atoms with Gasteiger partial charge in [0.05, 0.1) is 23.6 Å². The van der Waals surface area contributed by atoms with Crippen molar-refractivity contribution >= 4 is 22.4 Å². The van der Waals surface area contributed by atoms with E-state index in [0.29, 0.717) is 36.6 Å². The van der Waals surface area contributed by atoms with Crippen LogP contribution in [0, 0.1) is 5.41 Å². The lowest BCUT2D eigenvalue weighted by Crippen LogP contribution is -2.30. The maximum Gasteiger partial charge on any atom is 0.258 e. The third-order valence-corrected chi connectivity index (χ3v) is 5.30. The summed E-state index contributed by atoms with van der Waals surface area (Å²) in [6, 6.07) is 15.6. The normalized spacial score (nSPS) is 11.6. The van der Waals surface area contributed by atoms with Crippen molar-refractivity contribution in [2.75, 3.05) is 6.61 Å². The summed E-state index contributed by atoms with van der Waals surface area (Å²) >= 11 is 6.36. The van der Waals surface area contributed by atoms with Crippen molar-refractivity contribution in [3.8, 4) is 11.5 Å². The van der Waals surface area contributed by atoms with Gasteiger partial charge >= 0.3 is 0 Å². The largest absolute Gasteiger partial charge is 0.491 e. The van der Waals surface area contributed by atoms with E-state index in [-0.39, 0.29) is 16.9 Å². The van der Waals surface area contributed by atoms with E-state index >= 15 is 0 Å². The number of benzene rings is 2. The fourth-order valence-corrected chi connectivity index (χ4v) is 3.79. The zero-order chi connectivity index (χ0) is 22.4. The van der Waals surface area contributed by atoms with Gasteiger partial charge in [-0.1, -0.05) is 64.4 Å². The Morgan fingerprint density at radius 2 is 1.74 bits per heavy atom. The molecule has 0 aliphatic heterocycles. The molecule has 0 N–H and O–H groups in total. The zero-order valence-electron chi connectivity index (χ0n) is 18.9. The van der Waals surface area contributed by atoms with E-state index in [1.54, 1.807) is 4.57 Å². The van der Waals surface area contributed by atoms with E-state index < -0.39 is 0 Å². The molecule has 5 heteroatoms. The average Bonchev–Trinajstić information content (AvgIpc) is 2.75. The Labute approximate surface area is 189 Å². The Morgan fingerprint density at radius 3 is 2.39 bits per heavy atom. The maximum absolute atomic E-state index is 13.4. The van der Waals surface area contributed by atoms with E-state index in [4.69, 9.17) is 21.1 Å². The number of unbranched alkanes of at least 4 members (excludes halogenated alkanes) is 1. The highest BCUT2D eigenvalue weighted by atomic mass is 35.5. The van der Waals surface area contributed by atoms with Crippen LogP contribution < -0.4 is 15.0 Å². The molecule has 0 aliphatic carbocycles. The van der Waals surface area contributed by atoms with Crippen molar-refractivity contribution in [1.82, 2.24) is 4.57 Å². The molecule has 3 aromatic rings. The molecule has 0 saturated heterocycles. The molecule has 0 saturated carbocycles. The van der Waals surface area contributed by atoms with Gasteiger partial charge < -0.3 is 14.0 Å². The molecule has 0 bridgehead atoms. The van der Waals surface area contributed by atoms with Gasteiger partial charge in [0.1, 0.15) is 18.1 Å². The lowest BCUT2D eigenvalue weighted by molar-refractivity contribution is 0.295. The maximum atomic E-state index is 13.4. The molecule has 0 aliphatic rings. The van der Waals surface area contributed by atoms with Crippen LogP contribution in [0.15, 0.2) is 53.3 Å². The number of ether oxygens (including phenoxy) is 2. The molecule has 0 spiro atoms. The first-order valence-electron chi connectivity index (χ1n) is 10.9. The van der Waals surface area contributed by atoms with Crippen LogP contribution in [0.1, 0.15) is 51.8 Å². The minimum Gasteiger partial charge on any atom is -0.491 e. The Hall–Kier alpha value is -2.46. The zero-order valence-corrected chi connectivity index (χ0v) is 19.7. The second kappa shape index (κ2) is 10.2. The van der Waals surface area contributed by atoms with E-state index in [2.05, 4.69) is 27.7 Å². The molecular weight excluding hydrogens is 410 g/mol. The monoisotopic (exact) mass is 441 g/mol. The molecule has 0 atom stereocenters. The topological polar surface area (TPSA) is 40.5 Å². The molecule has 166 valence electrons. The van der Waals surface area contributed by atoms with E-state index in [0.717, 1.165) is 29.5 Å². The number of fused-ring (bicyclic) bond motifs is 1. The first kappa shape index (κ1) is 23.2. The first-order valence-corrected chi connectivity index (χ1v) is 11.4. The fourth-order valence-electron chi connectivity index (χ4n) is 3.53. The van der Waals surface area contributed by atoms with Crippen LogP contribution in [0.4, 0.5) is 0 Å². The van der Waals surface area contributed by atoms with Gasteiger partial charge in [0.15, 0.2) is 0 Å². The lowest BCUT2D eigenvalue weighted by atomic mass is 9.96. The summed E-state index contributed by atoms with van der Waals surface area (Å²) in [5, 5.41) is 1.38. The fraction of sp³-hybridized carbons (Fsp3) is 0.423. The van der Waals surface area contributed by atoms with Crippen LogP contribution in [0.25, 0.3) is 10.8 Å². The third-order valence-electron chi connectivity index (χ3n) is 5.05. The molecule has 0 fully saturated rings. The minimum absolute atomic E-state index is 0.0435. The summed E-state index contributed by atoms with van der Waals surface area (Å²) in [7, 11) is 0. The Morgan fingerprint density at radius 1 is 1.00 bits per heavy atom. The van der Waals surface area contributed by atoms with Gasteiger partial charge in [-0.15, -0.1) is 11.6 Å². The van der Waals surface area contributed by atoms with Gasteiger partial charge in [-0.3, -0.25) is 4.79 Å². The van der Waals surface area contributed by atoms with Crippen molar-refractivity contribution in [3.63, 3.8) is 0 Å². The summed E-state index contributed by atoms with van der Waals surface area (Å²) < 4.78 is 14.0. The standard InChI is InChI=1S/C26H32ClNO3/c1-5-6-14-30-24-22-15-20(31-17-19-10-8-7-9-11-19)12-13-21(22)25(29)28(23(24)16-27)18-26(2,3)4/h7-13,15H,5-6,14,16-18H2,1-4H3. The molecule has 0 radical (unpaired) electrons. The molecule has 31 heavy (non-hydrogen) atoms. The van der Waals surface area contributed by atoms with Crippen LogP contribution >= 0.6 is 11.6 Å². The van der Waals surface area contributed by atoms with Gasteiger partial charge in [-0.25, -0.2) is 0 Å². The van der Waals surface area contributed by atoms with Gasteiger partial charge in [-0.2, -0.15) is 0 Å². The molecule has 0 amide bonds. The predicted molar refractivity (Wildman–Crippen MR) is 128 cm³/mol. The molecule has 1 aromatic heterocycles. The third kappa shape index (κ3) is 5.82. The second-order valence-electron chi connectivity index (χ2n) is 9.05. The smallest absolute Gasteiger partial charge is 0.258 e. The van der Waals surface area contributed by atoms with Crippen LogP contribution in [-0.2, 0) is 19.0 Å². The van der Waals surface area contributed by atoms with Gasteiger partial charge in [0.25, 0.3) is 5.56 Å². The highest BCUT2D eigenvalue weighted by molar-refractivity contribution is 6.17. The van der Waals surface area contributed by atoms with Crippen LogP contribution in [0.2, 0.25) is 0 Å². The molecule has 2 aromatic carbocycles. The van der Waals surface area contributed by atoms with Crippen molar-refractivity contribution in [2.45, 2.75) is 59.6 Å². The summed E-state index contributed by atoms with van der Waals surface area (Å²) in [5.41, 5.74) is 1.70. The van der Waals surface area contributed by atoms with Crippen LogP contribution in [0.3, 0.4) is 0 Å². The van der Waals surface area contributed by atoms with Gasteiger partial charge in [0.2, 0.25) is 0 Å². The van der Waals surface area contributed by atoms with Gasteiger partial charge in [0, 0.05) is 11.9 Å². The number of halogens is 1. The van der Waals surface area contributed by atoms with Gasteiger partial charge in [-0.05, 0) is 35.6 Å². The van der Waals surface area contributed by atoms with Crippen molar-refractivity contribution in [2.24, 2.45) is 5.41 Å². The molecule has 1 heterocycles. The average molecular weight is 442 g/mol. The minimum atomic E-state index is -0.0717. The number of hydrogen-bond donors (Lipinski definition) is 0. The van der Waals surface area contributed by atoms with E-state index in [1.165, 1.54) is 0 Å². The lowest BCUT2D eigenvalue weighted by Gasteiger charge is -2.25. The second-order valence-corrected chi connectivity index (χ2v) is 9.31. The summed E-state index contributed by atoms with van der Waals surface area (Å²) in [6.07, 6.45) is 1.97.